The molecule has 5 heteroatoms. The number of thiazole rings is 1. The first kappa shape index (κ1) is 11.3. The lowest BCUT2D eigenvalue weighted by molar-refractivity contribution is 0.693. The average molecular weight is 236 g/mol. The van der Waals surface area contributed by atoms with E-state index in [1.54, 1.807) is 11.3 Å². The van der Waals surface area contributed by atoms with E-state index >= 15 is 0 Å². The fourth-order valence-electron chi connectivity index (χ4n) is 1.61. The fourth-order valence-corrected chi connectivity index (χ4v) is 2.51. The summed E-state index contributed by atoms with van der Waals surface area (Å²) < 4.78 is 1.81. The fraction of sp³-hybridized carbons (Fsp3) is 0.455. The van der Waals surface area contributed by atoms with Crippen LogP contribution in [0.5, 0.6) is 0 Å². The summed E-state index contributed by atoms with van der Waals surface area (Å²) in [5, 5.41) is 7.36. The molecule has 0 saturated carbocycles. The van der Waals surface area contributed by atoms with Crippen LogP contribution in [-0.2, 0) is 7.05 Å². The third-order valence-electron chi connectivity index (χ3n) is 2.57. The van der Waals surface area contributed by atoms with Crippen LogP contribution in [0.1, 0.15) is 30.1 Å². The molecule has 4 nitrogen and oxygen atoms in total. The van der Waals surface area contributed by atoms with Gasteiger partial charge in [0.15, 0.2) is 0 Å². The van der Waals surface area contributed by atoms with E-state index in [-0.39, 0.29) is 6.04 Å². The van der Waals surface area contributed by atoms with E-state index in [4.69, 9.17) is 5.73 Å². The topological polar surface area (TPSA) is 56.7 Å². The van der Waals surface area contributed by atoms with Crippen LogP contribution in [0.4, 0.5) is 0 Å². The molecule has 0 amide bonds. The van der Waals surface area contributed by atoms with Gasteiger partial charge in [0.25, 0.3) is 0 Å². The van der Waals surface area contributed by atoms with Gasteiger partial charge in [-0.05, 0) is 13.3 Å². The molecule has 2 rings (SSSR count). The Hall–Kier alpha value is -1.20. The van der Waals surface area contributed by atoms with Crippen molar-refractivity contribution < 1.29 is 0 Å². The highest BCUT2D eigenvalue weighted by Gasteiger charge is 2.13. The first-order valence-corrected chi connectivity index (χ1v) is 6.21. The average Bonchev–Trinajstić information content (AvgIpc) is 2.83. The number of rotatable bonds is 3. The van der Waals surface area contributed by atoms with Crippen molar-refractivity contribution in [2.45, 2.75) is 26.3 Å². The zero-order valence-electron chi connectivity index (χ0n) is 9.77. The minimum Gasteiger partial charge on any atom is -0.322 e. The molecule has 0 aliphatic carbocycles. The van der Waals surface area contributed by atoms with Gasteiger partial charge in [0.2, 0.25) is 0 Å². The zero-order valence-corrected chi connectivity index (χ0v) is 10.6. The highest BCUT2D eigenvalue weighted by atomic mass is 32.1. The smallest absolute Gasteiger partial charge is 0.110 e. The maximum atomic E-state index is 5.96. The molecule has 0 saturated heterocycles. The molecular weight excluding hydrogens is 220 g/mol. The quantitative estimate of drug-likeness (QED) is 0.889. The van der Waals surface area contributed by atoms with Crippen LogP contribution >= 0.6 is 11.3 Å². The van der Waals surface area contributed by atoms with E-state index in [2.05, 4.69) is 22.4 Å². The summed E-state index contributed by atoms with van der Waals surface area (Å²) in [6.07, 6.45) is 2.91. The second-order valence-corrected chi connectivity index (χ2v) is 4.78. The number of nitrogens with zero attached hydrogens (tertiary/aromatic N) is 3. The highest BCUT2D eigenvalue weighted by Crippen LogP contribution is 2.27. The Bertz CT molecular complexity index is 486. The molecule has 1 unspecified atom stereocenters. The van der Waals surface area contributed by atoms with Crippen molar-refractivity contribution in [3.63, 3.8) is 0 Å². The molecule has 2 N–H and O–H groups in total. The Labute approximate surface area is 99.1 Å². The summed E-state index contributed by atoms with van der Waals surface area (Å²) >= 11 is 1.62. The molecule has 1 atom stereocenters. The van der Waals surface area contributed by atoms with Gasteiger partial charge in [0.05, 0.1) is 17.4 Å². The van der Waals surface area contributed by atoms with Gasteiger partial charge in [-0.1, -0.05) is 6.92 Å². The summed E-state index contributed by atoms with van der Waals surface area (Å²) in [6.45, 7) is 4.06. The van der Waals surface area contributed by atoms with E-state index in [0.717, 1.165) is 28.4 Å². The molecule has 0 fully saturated rings. The van der Waals surface area contributed by atoms with Crippen molar-refractivity contribution in [2.24, 2.45) is 12.8 Å². The number of hydrogen-bond donors (Lipinski definition) is 1. The standard InChI is InChI=1S/C11H16N4S/c1-4-9(12)11-13-10(6-16-11)8-5-15(3)14-7(8)2/h5-6,9H,4,12H2,1-3H3. The van der Waals surface area contributed by atoms with Crippen LogP contribution in [0.25, 0.3) is 11.3 Å². The summed E-state index contributed by atoms with van der Waals surface area (Å²) in [5.74, 6) is 0. The second kappa shape index (κ2) is 4.35. The third kappa shape index (κ3) is 2.01. The van der Waals surface area contributed by atoms with Gasteiger partial charge < -0.3 is 5.73 Å². The Kier molecular flexibility index (Phi) is 3.07. The van der Waals surface area contributed by atoms with E-state index in [1.165, 1.54) is 0 Å². The maximum Gasteiger partial charge on any atom is 0.110 e. The predicted molar refractivity (Wildman–Crippen MR) is 66.3 cm³/mol. The van der Waals surface area contributed by atoms with E-state index < -0.39 is 0 Å². The highest BCUT2D eigenvalue weighted by molar-refractivity contribution is 7.10. The van der Waals surface area contributed by atoms with Crippen LogP contribution in [0, 0.1) is 6.92 Å². The minimum atomic E-state index is 0.0516. The first-order chi connectivity index (χ1) is 7.61. The van der Waals surface area contributed by atoms with Crippen LogP contribution in [0.15, 0.2) is 11.6 Å². The second-order valence-electron chi connectivity index (χ2n) is 3.89. The maximum absolute atomic E-state index is 5.96. The van der Waals surface area contributed by atoms with Gasteiger partial charge in [-0.2, -0.15) is 5.10 Å². The third-order valence-corrected chi connectivity index (χ3v) is 3.55. The molecule has 0 radical (unpaired) electrons. The summed E-state index contributed by atoms with van der Waals surface area (Å²) in [5.41, 5.74) is 9.03. The number of aryl methyl sites for hydroxylation is 2. The van der Waals surface area contributed by atoms with Crippen LogP contribution in [0.3, 0.4) is 0 Å². The molecule has 0 aliphatic rings. The van der Waals surface area contributed by atoms with Gasteiger partial charge in [-0.25, -0.2) is 4.98 Å². The SMILES string of the molecule is CCC(N)c1nc(-c2cn(C)nc2C)cs1. The Morgan fingerprint density at radius 1 is 1.56 bits per heavy atom. The van der Waals surface area contributed by atoms with Crippen molar-refractivity contribution in [1.29, 1.82) is 0 Å². The number of hydrogen-bond acceptors (Lipinski definition) is 4. The van der Waals surface area contributed by atoms with Gasteiger partial charge in [-0.15, -0.1) is 11.3 Å². The first-order valence-electron chi connectivity index (χ1n) is 5.33. The predicted octanol–water partition coefficient (Wildman–Crippen LogP) is 2.26. The molecule has 0 bridgehead atoms. The molecule has 0 spiro atoms. The summed E-state index contributed by atoms with van der Waals surface area (Å²) in [4.78, 5) is 4.57. The van der Waals surface area contributed by atoms with Gasteiger partial charge in [0.1, 0.15) is 5.01 Å². The van der Waals surface area contributed by atoms with Crippen molar-refractivity contribution in [2.75, 3.05) is 0 Å². The van der Waals surface area contributed by atoms with Crippen molar-refractivity contribution in [3.05, 3.63) is 22.3 Å². The molecular formula is C11H16N4S. The lowest BCUT2D eigenvalue weighted by Gasteiger charge is -2.02. The summed E-state index contributed by atoms with van der Waals surface area (Å²) in [7, 11) is 1.92. The lowest BCUT2D eigenvalue weighted by atomic mass is 10.2. The van der Waals surface area contributed by atoms with Crippen LogP contribution in [0.2, 0.25) is 0 Å². The summed E-state index contributed by atoms with van der Waals surface area (Å²) in [6, 6.07) is 0.0516. The Morgan fingerprint density at radius 2 is 2.31 bits per heavy atom. The number of nitrogens with two attached hydrogens (primary N) is 1. The van der Waals surface area contributed by atoms with Crippen molar-refractivity contribution in [1.82, 2.24) is 14.8 Å². The largest absolute Gasteiger partial charge is 0.322 e. The van der Waals surface area contributed by atoms with Gasteiger partial charge in [0, 0.05) is 24.2 Å². The van der Waals surface area contributed by atoms with Crippen molar-refractivity contribution in [3.8, 4) is 11.3 Å². The van der Waals surface area contributed by atoms with Gasteiger partial charge >= 0.3 is 0 Å². The normalized spacial score (nSPS) is 13.0. The number of aromatic nitrogens is 3. The molecule has 16 heavy (non-hydrogen) atoms. The molecule has 2 aromatic heterocycles. The van der Waals surface area contributed by atoms with Crippen LogP contribution in [-0.4, -0.2) is 14.8 Å². The molecule has 0 aromatic carbocycles. The zero-order chi connectivity index (χ0) is 11.7. The van der Waals surface area contributed by atoms with E-state index in [0.29, 0.717) is 0 Å². The molecule has 2 heterocycles. The molecule has 86 valence electrons. The molecule has 2 aromatic rings. The Balaban J connectivity index is 2.35. The van der Waals surface area contributed by atoms with E-state index in [1.807, 2.05) is 24.9 Å². The van der Waals surface area contributed by atoms with Crippen molar-refractivity contribution >= 4 is 11.3 Å². The Morgan fingerprint density at radius 3 is 2.88 bits per heavy atom. The molecule has 0 aliphatic heterocycles. The van der Waals surface area contributed by atoms with Gasteiger partial charge in [-0.3, -0.25) is 4.68 Å². The van der Waals surface area contributed by atoms with E-state index in [9.17, 15) is 0 Å². The van der Waals surface area contributed by atoms with Crippen LogP contribution < -0.4 is 5.73 Å². The minimum absolute atomic E-state index is 0.0516. The lowest BCUT2D eigenvalue weighted by Crippen LogP contribution is -2.07. The monoisotopic (exact) mass is 236 g/mol.